The quantitative estimate of drug-likeness (QED) is 0.426. The highest BCUT2D eigenvalue weighted by Crippen LogP contribution is 2.30. The van der Waals surface area contributed by atoms with Crippen LogP contribution in [0.5, 0.6) is 0 Å². The number of pyridine rings is 1. The van der Waals surface area contributed by atoms with Crippen LogP contribution in [-0.2, 0) is 4.74 Å². The fourth-order valence-corrected chi connectivity index (χ4v) is 2.97. The second-order valence-electron chi connectivity index (χ2n) is 6.15. The number of rotatable bonds is 5. The molecule has 3 aromatic heterocycles. The van der Waals surface area contributed by atoms with Gasteiger partial charge in [-0.2, -0.15) is 0 Å². The lowest BCUT2D eigenvalue weighted by atomic mass is 10.2. The van der Waals surface area contributed by atoms with E-state index >= 15 is 0 Å². The Bertz CT molecular complexity index is 1220. The molecule has 3 N–H and O–H groups in total. The number of carbonyl (C=O) groups excluding carboxylic acids is 2. The summed E-state index contributed by atoms with van der Waals surface area (Å²) in [5.41, 5.74) is 2.60. The molecule has 0 aliphatic rings. The van der Waals surface area contributed by atoms with Crippen molar-refractivity contribution in [1.82, 2.24) is 15.0 Å². The van der Waals surface area contributed by atoms with E-state index in [-0.39, 0.29) is 18.3 Å². The van der Waals surface area contributed by atoms with E-state index in [2.05, 4.69) is 25.6 Å². The van der Waals surface area contributed by atoms with Crippen LogP contribution in [0.2, 0.25) is 5.02 Å². The highest BCUT2D eigenvalue weighted by atomic mass is 35.5. The van der Waals surface area contributed by atoms with E-state index in [1.807, 2.05) is 0 Å². The molecule has 1 aromatic carbocycles. The molecule has 0 spiro atoms. The number of carbonyl (C=O) groups is 2. The number of nitrogens with zero attached hydrogens (tertiary/aromatic N) is 2. The number of hydrogen-bond acceptors (Lipinski definition) is 6. The van der Waals surface area contributed by atoms with Crippen LogP contribution in [0.3, 0.4) is 0 Å². The van der Waals surface area contributed by atoms with Gasteiger partial charge in [0.2, 0.25) is 0 Å². The van der Waals surface area contributed by atoms with E-state index in [9.17, 15) is 9.59 Å². The first-order valence-corrected chi connectivity index (χ1v) is 9.35. The van der Waals surface area contributed by atoms with E-state index in [0.717, 1.165) is 0 Å². The molecule has 0 atom stereocenters. The first-order valence-electron chi connectivity index (χ1n) is 8.98. The topological polar surface area (TPSA) is 122 Å². The number of H-pyrrole nitrogens is 1. The lowest BCUT2D eigenvalue weighted by molar-refractivity contribution is 0.0996. The predicted octanol–water partition coefficient (Wildman–Crippen LogP) is 4.69. The Morgan fingerprint density at radius 2 is 2.07 bits per heavy atom. The van der Waals surface area contributed by atoms with E-state index in [1.165, 1.54) is 12.5 Å². The number of ether oxygens (including phenoxy) is 1. The summed E-state index contributed by atoms with van der Waals surface area (Å²) in [6.07, 6.45) is 2.33. The molecule has 0 fully saturated rings. The van der Waals surface area contributed by atoms with Crippen molar-refractivity contribution in [1.29, 1.82) is 0 Å². The Morgan fingerprint density at radius 3 is 2.83 bits per heavy atom. The summed E-state index contributed by atoms with van der Waals surface area (Å²) >= 11 is 6.34. The lowest BCUT2D eigenvalue weighted by Gasteiger charge is -2.07. The summed E-state index contributed by atoms with van der Waals surface area (Å²) in [6, 6.07) is 9.91. The Morgan fingerprint density at radius 1 is 1.20 bits per heavy atom. The van der Waals surface area contributed by atoms with Crippen molar-refractivity contribution in [2.24, 2.45) is 0 Å². The smallest absolute Gasteiger partial charge is 0.411 e. The van der Waals surface area contributed by atoms with Gasteiger partial charge in [-0.05, 0) is 43.3 Å². The molecule has 152 valence electrons. The molecule has 0 saturated carbocycles. The number of aromatic nitrogens is 3. The number of nitrogens with one attached hydrogen (secondary N) is 3. The summed E-state index contributed by atoms with van der Waals surface area (Å²) in [4.78, 5) is 35.6. The van der Waals surface area contributed by atoms with Crippen LogP contribution in [0.1, 0.15) is 17.5 Å². The Kier molecular flexibility index (Phi) is 5.36. The molecule has 0 bridgehead atoms. The summed E-state index contributed by atoms with van der Waals surface area (Å²) in [7, 11) is 0. The van der Waals surface area contributed by atoms with Crippen LogP contribution in [0.15, 0.2) is 53.3 Å². The van der Waals surface area contributed by atoms with Crippen molar-refractivity contribution < 1.29 is 18.7 Å². The van der Waals surface area contributed by atoms with Crippen molar-refractivity contribution in [3.63, 3.8) is 0 Å². The summed E-state index contributed by atoms with van der Waals surface area (Å²) in [5.74, 6) is 0.278. The number of furan rings is 1. The molecule has 3 heterocycles. The first kappa shape index (κ1) is 19.5. The van der Waals surface area contributed by atoms with Crippen molar-refractivity contribution in [2.75, 3.05) is 17.2 Å². The second kappa shape index (κ2) is 8.26. The largest absolute Gasteiger partial charge is 0.459 e. The third-order valence-corrected chi connectivity index (χ3v) is 4.41. The molecule has 4 rings (SSSR count). The van der Waals surface area contributed by atoms with Gasteiger partial charge in [-0.3, -0.25) is 10.1 Å². The van der Waals surface area contributed by atoms with Crippen LogP contribution in [0.25, 0.3) is 22.6 Å². The normalized spacial score (nSPS) is 10.7. The standard InChI is InChI=1S/C20H16ClN5O4/c1-2-29-20(28)24-12-9-15-18(22-10-12)26-17(25-15)13-8-11(5-6-14(13)21)23-19(27)16-4-3-7-30-16/h3-10H,2H2,1H3,(H,23,27)(H,24,28)(H,22,25,26). The van der Waals surface area contributed by atoms with E-state index in [4.69, 9.17) is 20.8 Å². The average molecular weight is 426 g/mol. The fourth-order valence-electron chi connectivity index (χ4n) is 2.77. The number of amides is 2. The van der Waals surface area contributed by atoms with Gasteiger partial charge in [0, 0.05) is 11.3 Å². The molecule has 0 aliphatic carbocycles. The van der Waals surface area contributed by atoms with Gasteiger partial charge in [0.15, 0.2) is 11.4 Å². The van der Waals surface area contributed by atoms with E-state index in [0.29, 0.717) is 38.9 Å². The minimum atomic E-state index is -0.568. The van der Waals surface area contributed by atoms with Crippen LogP contribution >= 0.6 is 11.6 Å². The second-order valence-corrected chi connectivity index (χ2v) is 6.56. The number of aromatic amines is 1. The average Bonchev–Trinajstić information content (AvgIpc) is 3.39. The zero-order valence-electron chi connectivity index (χ0n) is 15.7. The number of benzene rings is 1. The molecular weight excluding hydrogens is 410 g/mol. The predicted molar refractivity (Wildman–Crippen MR) is 112 cm³/mol. The number of hydrogen-bond donors (Lipinski definition) is 3. The van der Waals surface area contributed by atoms with Crippen LogP contribution in [0, 0.1) is 0 Å². The van der Waals surface area contributed by atoms with Gasteiger partial charge >= 0.3 is 6.09 Å². The van der Waals surface area contributed by atoms with Gasteiger partial charge in [-0.15, -0.1) is 0 Å². The van der Waals surface area contributed by atoms with Crippen molar-refractivity contribution >= 4 is 46.1 Å². The Balaban J connectivity index is 1.61. The highest BCUT2D eigenvalue weighted by molar-refractivity contribution is 6.33. The lowest BCUT2D eigenvalue weighted by Crippen LogP contribution is -2.13. The maximum absolute atomic E-state index is 12.2. The van der Waals surface area contributed by atoms with Gasteiger partial charge in [0.05, 0.1) is 35.3 Å². The third kappa shape index (κ3) is 4.11. The van der Waals surface area contributed by atoms with Crippen molar-refractivity contribution in [2.45, 2.75) is 6.92 Å². The molecule has 0 unspecified atom stereocenters. The summed E-state index contributed by atoms with van der Waals surface area (Å²) in [5, 5.41) is 5.77. The van der Waals surface area contributed by atoms with E-state index in [1.54, 1.807) is 43.3 Å². The van der Waals surface area contributed by atoms with Gasteiger partial charge in [0.25, 0.3) is 5.91 Å². The molecule has 10 heteroatoms. The molecule has 4 aromatic rings. The number of fused-ring (bicyclic) bond motifs is 1. The monoisotopic (exact) mass is 425 g/mol. The maximum Gasteiger partial charge on any atom is 0.411 e. The van der Waals surface area contributed by atoms with Crippen molar-refractivity contribution in [3.8, 4) is 11.4 Å². The Hall–Kier alpha value is -3.85. The zero-order valence-corrected chi connectivity index (χ0v) is 16.5. The molecule has 0 radical (unpaired) electrons. The number of imidazole rings is 1. The fraction of sp³-hybridized carbons (Fsp3) is 0.100. The van der Waals surface area contributed by atoms with Crippen LogP contribution in [-0.4, -0.2) is 33.6 Å². The summed E-state index contributed by atoms with van der Waals surface area (Å²) < 4.78 is 9.95. The minimum absolute atomic E-state index is 0.195. The highest BCUT2D eigenvalue weighted by Gasteiger charge is 2.14. The third-order valence-electron chi connectivity index (χ3n) is 4.08. The zero-order chi connectivity index (χ0) is 21.1. The molecule has 30 heavy (non-hydrogen) atoms. The molecule has 2 amide bonds. The summed E-state index contributed by atoms with van der Waals surface area (Å²) in [6.45, 7) is 1.98. The van der Waals surface area contributed by atoms with Gasteiger partial charge in [-0.1, -0.05) is 11.6 Å². The SMILES string of the molecule is CCOC(=O)Nc1cnc2nc(-c3cc(NC(=O)c4ccco4)ccc3Cl)[nH]c2c1. The molecule has 0 saturated heterocycles. The van der Waals surface area contributed by atoms with Gasteiger partial charge in [-0.25, -0.2) is 14.8 Å². The van der Waals surface area contributed by atoms with Crippen LogP contribution in [0.4, 0.5) is 16.2 Å². The van der Waals surface area contributed by atoms with Gasteiger partial charge < -0.3 is 19.5 Å². The van der Waals surface area contributed by atoms with Crippen molar-refractivity contribution in [3.05, 3.63) is 59.6 Å². The van der Waals surface area contributed by atoms with Gasteiger partial charge in [0.1, 0.15) is 5.82 Å². The minimum Gasteiger partial charge on any atom is -0.459 e. The molecular formula is C20H16ClN5O4. The van der Waals surface area contributed by atoms with Crippen LogP contribution < -0.4 is 10.6 Å². The molecule has 0 aliphatic heterocycles. The van der Waals surface area contributed by atoms with E-state index < -0.39 is 6.09 Å². The molecule has 9 nitrogen and oxygen atoms in total. The Labute approximate surface area is 175 Å². The maximum atomic E-state index is 12.2. The number of anilines is 2. The first-order chi connectivity index (χ1) is 14.5. The number of halogens is 1.